The van der Waals surface area contributed by atoms with Crippen molar-refractivity contribution in [1.82, 2.24) is 0 Å². The highest BCUT2D eigenvalue weighted by molar-refractivity contribution is 5.13. The van der Waals surface area contributed by atoms with Gasteiger partial charge in [-0.3, -0.25) is 0 Å². The zero-order chi connectivity index (χ0) is 16.3. The molecule has 7 atom stereocenters. The van der Waals surface area contributed by atoms with Gasteiger partial charge in [0.15, 0.2) is 0 Å². The molecule has 0 radical (unpaired) electrons. The topological polar surface area (TPSA) is 40.5 Å². The second-order valence-electron chi connectivity index (χ2n) is 9.46. The summed E-state index contributed by atoms with van der Waals surface area (Å²) in [5.41, 5.74) is 0.866. The van der Waals surface area contributed by atoms with Crippen LogP contribution in [0.4, 0.5) is 0 Å². The number of hydrogen-bond acceptors (Lipinski definition) is 2. The minimum Gasteiger partial charge on any atom is -0.393 e. The average molecular weight is 306 g/mol. The maximum atomic E-state index is 11.1. The molecule has 3 aliphatic carbocycles. The highest BCUT2D eigenvalue weighted by Gasteiger charge is 2.59. The van der Waals surface area contributed by atoms with Crippen LogP contribution in [0, 0.1) is 28.6 Å². The van der Waals surface area contributed by atoms with Crippen molar-refractivity contribution in [3.8, 4) is 0 Å². The van der Waals surface area contributed by atoms with Crippen LogP contribution in [0.5, 0.6) is 0 Å². The Kier molecular flexibility index (Phi) is 3.81. The Bertz CT molecular complexity index is 468. The maximum absolute atomic E-state index is 11.1. The van der Waals surface area contributed by atoms with Crippen LogP contribution in [-0.4, -0.2) is 21.9 Å². The number of fused-ring (bicyclic) bond motifs is 2. The van der Waals surface area contributed by atoms with Gasteiger partial charge < -0.3 is 10.2 Å². The summed E-state index contributed by atoms with van der Waals surface area (Å²) >= 11 is 0. The first-order valence-corrected chi connectivity index (χ1v) is 9.16. The molecule has 2 nitrogen and oxygen atoms in total. The largest absolute Gasteiger partial charge is 0.393 e. The van der Waals surface area contributed by atoms with E-state index in [2.05, 4.69) is 27.4 Å². The van der Waals surface area contributed by atoms with E-state index in [1.807, 2.05) is 6.92 Å². The van der Waals surface area contributed by atoms with E-state index in [0.29, 0.717) is 17.3 Å². The molecule has 3 fully saturated rings. The molecule has 0 aromatic heterocycles. The second-order valence-corrected chi connectivity index (χ2v) is 9.46. The quantitative estimate of drug-likeness (QED) is 0.709. The van der Waals surface area contributed by atoms with Crippen molar-refractivity contribution in [2.45, 2.75) is 84.3 Å². The summed E-state index contributed by atoms with van der Waals surface area (Å²) in [7, 11) is 0. The molecule has 0 heterocycles. The van der Waals surface area contributed by atoms with Crippen LogP contribution in [0.25, 0.3) is 0 Å². The molecule has 2 heteroatoms. The van der Waals surface area contributed by atoms with E-state index in [1.165, 1.54) is 24.8 Å². The van der Waals surface area contributed by atoms with E-state index in [-0.39, 0.29) is 17.4 Å². The normalized spacial score (nSPS) is 55.2. The van der Waals surface area contributed by atoms with E-state index in [1.54, 1.807) is 0 Å². The molecule has 0 amide bonds. The molecule has 0 aromatic rings. The smallest absolute Gasteiger partial charge is 0.0655 e. The Hall–Kier alpha value is -0.340. The fourth-order valence-electron chi connectivity index (χ4n) is 6.35. The lowest BCUT2D eigenvalue weighted by Gasteiger charge is -2.53. The lowest BCUT2D eigenvalue weighted by atomic mass is 9.56. The Morgan fingerprint density at radius 2 is 1.73 bits per heavy atom. The maximum Gasteiger partial charge on any atom is 0.0655 e. The van der Waals surface area contributed by atoms with Crippen LogP contribution in [0.15, 0.2) is 12.2 Å². The van der Waals surface area contributed by atoms with Gasteiger partial charge in [0.2, 0.25) is 0 Å². The molecule has 0 bridgehead atoms. The van der Waals surface area contributed by atoms with Crippen LogP contribution in [0.1, 0.15) is 72.6 Å². The van der Waals surface area contributed by atoms with Gasteiger partial charge in [0.25, 0.3) is 0 Å². The highest BCUT2D eigenvalue weighted by atomic mass is 16.3. The van der Waals surface area contributed by atoms with E-state index >= 15 is 0 Å². The van der Waals surface area contributed by atoms with E-state index < -0.39 is 5.60 Å². The Balaban J connectivity index is 1.98. The molecular formula is C20H34O2. The number of aliphatic hydroxyl groups is 2. The number of hydrogen-bond donors (Lipinski definition) is 2. The fourth-order valence-corrected chi connectivity index (χ4v) is 6.35. The van der Waals surface area contributed by atoms with Gasteiger partial charge in [0, 0.05) is 0 Å². The van der Waals surface area contributed by atoms with E-state index in [9.17, 15) is 10.2 Å². The van der Waals surface area contributed by atoms with Gasteiger partial charge in [-0.1, -0.05) is 26.0 Å². The van der Waals surface area contributed by atoms with Crippen molar-refractivity contribution < 1.29 is 10.2 Å². The molecule has 3 aliphatic rings. The third kappa shape index (κ3) is 2.29. The number of aliphatic hydroxyl groups excluding tert-OH is 1. The zero-order valence-electron chi connectivity index (χ0n) is 14.9. The zero-order valence-corrected chi connectivity index (χ0v) is 14.9. The van der Waals surface area contributed by atoms with Gasteiger partial charge in [0.05, 0.1) is 11.7 Å². The van der Waals surface area contributed by atoms with Crippen LogP contribution in [-0.2, 0) is 0 Å². The lowest BCUT2D eigenvalue weighted by Crippen LogP contribution is -2.55. The van der Waals surface area contributed by atoms with Crippen molar-refractivity contribution in [2.75, 3.05) is 0 Å². The van der Waals surface area contributed by atoms with Gasteiger partial charge in [-0.15, -0.1) is 0 Å². The molecule has 126 valence electrons. The lowest BCUT2D eigenvalue weighted by molar-refractivity contribution is -0.158. The second kappa shape index (κ2) is 5.08. The molecule has 0 unspecified atom stereocenters. The molecule has 0 spiro atoms. The van der Waals surface area contributed by atoms with Crippen molar-refractivity contribution in [1.29, 1.82) is 0 Å². The van der Waals surface area contributed by atoms with E-state index in [0.717, 1.165) is 25.7 Å². The predicted molar refractivity (Wildman–Crippen MR) is 90.4 cm³/mol. The summed E-state index contributed by atoms with van der Waals surface area (Å²) in [6, 6.07) is 0. The standard InChI is InChI=1S/C20H34O2/c1-13(2)14-6-9-18(3)12-16-19(4,10-7-15(14)18)17(21)8-11-20(16,5)22/h14-17,21-22H,1,6-12H2,2-5H3/t14-,15+,16+,17+,18-,19+,20-/m1/s1. The van der Waals surface area contributed by atoms with Gasteiger partial charge >= 0.3 is 0 Å². The summed E-state index contributed by atoms with van der Waals surface area (Å²) in [5.74, 6) is 1.52. The third-order valence-electron chi connectivity index (χ3n) is 7.94. The van der Waals surface area contributed by atoms with Gasteiger partial charge in [-0.25, -0.2) is 0 Å². The minimum absolute atomic E-state index is 0.130. The van der Waals surface area contributed by atoms with Crippen LogP contribution in [0.3, 0.4) is 0 Å². The SMILES string of the molecule is C=C(C)[C@H]1CC[C@]2(C)C[C@H]3[C@](C)(CC[C@@H]12)[C@@H](O)CC[C@@]3(C)O. The summed E-state index contributed by atoms with van der Waals surface area (Å²) in [5, 5.41) is 21.8. The van der Waals surface area contributed by atoms with Gasteiger partial charge in [-0.05, 0) is 87.4 Å². The molecule has 22 heavy (non-hydrogen) atoms. The average Bonchev–Trinajstić information content (AvgIpc) is 2.69. The van der Waals surface area contributed by atoms with Crippen molar-refractivity contribution in [3.63, 3.8) is 0 Å². The summed E-state index contributed by atoms with van der Waals surface area (Å²) in [6.07, 6.45) is 6.99. The first kappa shape index (κ1) is 16.5. The molecular weight excluding hydrogens is 272 g/mol. The molecule has 0 aliphatic heterocycles. The minimum atomic E-state index is -0.632. The summed E-state index contributed by atoms with van der Waals surface area (Å²) in [4.78, 5) is 0. The van der Waals surface area contributed by atoms with Crippen molar-refractivity contribution >= 4 is 0 Å². The summed E-state index contributed by atoms with van der Waals surface area (Å²) in [6.45, 7) is 13.1. The first-order valence-electron chi connectivity index (χ1n) is 9.16. The van der Waals surface area contributed by atoms with Crippen LogP contribution < -0.4 is 0 Å². The van der Waals surface area contributed by atoms with Gasteiger partial charge in [0.1, 0.15) is 0 Å². The molecule has 0 saturated heterocycles. The Labute approximate surface area is 136 Å². The fraction of sp³-hybridized carbons (Fsp3) is 0.900. The van der Waals surface area contributed by atoms with Crippen molar-refractivity contribution in [2.24, 2.45) is 28.6 Å². The molecule has 3 saturated carbocycles. The first-order chi connectivity index (χ1) is 10.1. The number of allylic oxidation sites excluding steroid dienone is 1. The molecule has 3 rings (SSSR count). The van der Waals surface area contributed by atoms with E-state index in [4.69, 9.17) is 0 Å². The van der Waals surface area contributed by atoms with Crippen LogP contribution >= 0.6 is 0 Å². The highest BCUT2D eigenvalue weighted by Crippen LogP contribution is 2.63. The molecule has 0 aromatic carbocycles. The monoisotopic (exact) mass is 306 g/mol. The third-order valence-corrected chi connectivity index (χ3v) is 7.94. The van der Waals surface area contributed by atoms with Crippen molar-refractivity contribution in [3.05, 3.63) is 12.2 Å². The Morgan fingerprint density at radius 3 is 2.36 bits per heavy atom. The summed E-state index contributed by atoms with van der Waals surface area (Å²) < 4.78 is 0. The Morgan fingerprint density at radius 1 is 1.05 bits per heavy atom. The number of rotatable bonds is 1. The van der Waals surface area contributed by atoms with Crippen LogP contribution in [0.2, 0.25) is 0 Å². The predicted octanol–water partition coefficient (Wildman–Crippen LogP) is 4.31. The van der Waals surface area contributed by atoms with Gasteiger partial charge in [-0.2, -0.15) is 0 Å². The molecule has 2 N–H and O–H groups in total.